The zero-order valence-electron chi connectivity index (χ0n) is 8.56. The van der Waals surface area contributed by atoms with Crippen molar-refractivity contribution in [1.82, 2.24) is 4.98 Å². The summed E-state index contributed by atoms with van der Waals surface area (Å²) in [6.45, 7) is 1.47. The van der Waals surface area contributed by atoms with Crippen molar-refractivity contribution in [1.29, 1.82) is 0 Å². The van der Waals surface area contributed by atoms with Crippen LogP contribution >= 0.6 is 0 Å². The molecule has 82 valence electrons. The Morgan fingerprint density at radius 3 is 3.00 bits per heavy atom. The molecule has 4 heteroatoms. The molecule has 1 N–H and O–H groups in total. The Kier molecular flexibility index (Phi) is 3.53. The first-order valence-corrected chi connectivity index (χ1v) is 5.18. The first-order chi connectivity index (χ1) is 7.40. The minimum atomic E-state index is -0.0353. The fraction of sp³-hybridized carbons (Fsp3) is 0.545. The molecule has 0 aromatic carbocycles. The molecule has 0 spiro atoms. The zero-order chi connectivity index (χ0) is 10.5. The lowest BCUT2D eigenvalue weighted by molar-refractivity contribution is 0.0247. The highest BCUT2D eigenvalue weighted by molar-refractivity contribution is 5.29. The Labute approximate surface area is 88.9 Å². The summed E-state index contributed by atoms with van der Waals surface area (Å²) < 4.78 is 11.0. The van der Waals surface area contributed by atoms with Gasteiger partial charge in [0, 0.05) is 30.8 Å². The molecule has 15 heavy (non-hydrogen) atoms. The highest BCUT2D eigenvalue weighted by Gasteiger charge is 2.16. The van der Waals surface area contributed by atoms with E-state index in [0.717, 1.165) is 37.4 Å². The minimum absolute atomic E-state index is 0.0353. The number of hydrogen-bond donors (Lipinski definition) is 1. The van der Waals surface area contributed by atoms with Gasteiger partial charge >= 0.3 is 0 Å². The molecule has 1 aromatic rings. The van der Waals surface area contributed by atoms with Crippen molar-refractivity contribution in [2.24, 2.45) is 0 Å². The van der Waals surface area contributed by atoms with E-state index in [-0.39, 0.29) is 12.7 Å². The monoisotopic (exact) mass is 209 g/mol. The van der Waals surface area contributed by atoms with Crippen LogP contribution in [0.25, 0.3) is 0 Å². The Bertz CT molecular complexity index is 310. The predicted octanol–water partition coefficient (Wildman–Crippen LogP) is 1.13. The number of aromatic nitrogens is 1. The normalized spacial score (nSPS) is 17.7. The van der Waals surface area contributed by atoms with Gasteiger partial charge < -0.3 is 14.6 Å². The number of nitrogens with zero attached hydrogens (tertiary/aromatic N) is 1. The molecular formula is C11H15NO3. The number of ether oxygens (including phenoxy) is 2. The van der Waals surface area contributed by atoms with Crippen molar-refractivity contribution in [3.63, 3.8) is 0 Å². The molecule has 1 fully saturated rings. The topological polar surface area (TPSA) is 51.6 Å². The number of aliphatic hydroxyl groups is 1. The van der Waals surface area contributed by atoms with Crippen LogP contribution in [0.1, 0.15) is 18.4 Å². The van der Waals surface area contributed by atoms with E-state index in [1.807, 2.05) is 0 Å². The average molecular weight is 209 g/mol. The third-order valence-corrected chi connectivity index (χ3v) is 2.49. The van der Waals surface area contributed by atoms with Crippen LogP contribution in [-0.2, 0) is 11.3 Å². The lowest BCUT2D eigenvalue weighted by Crippen LogP contribution is -2.26. The van der Waals surface area contributed by atoms with Crippen LogP contribution in [0.3, 0.4) is 0 Å². The van der Waals surface area contributed by atoms with Crippen molar-refractivity contribution < 1.29 is 14.6 Å². The Morgan fingerprint density at radius 1 is 1.47 bits per heavy atom. The molecule has 0 amide bonds. The van der Waals surface area contributed by atoms with E-state index in [2.05, 4.69) is 4.98 Å². The smallest absolute Gasteiger partial charge is 0.128 e. The lowest BCUT2D eigenvalue weighted by Gasteiger charge is -2.24. The van der Waals surface area contributed by atoms with Crippen molar-refractivity contribution in [3.05, 3.63) is 24.0 Å². The largest absolute Gasteiger partial charge is 0.490 e. The molecule has 2 rings (SSSR count). The molecule has 0 unspecified atom stereocenters. The predicted molar refractivity (Wildman–Crippen MR) is 54.6 cm³/mol. The van der Waals surface area contributed by atoms with E-state index < -0.39 is 0 Å². The summed E-state index contributed by atoms with van der Waals surface area (Å²) in [6.07, 6.45) is 5.33. The molecule has 0 saturated carbocycles. The summed E-state index contributed by atoms with van der Waals surface area (Å²) in [5.74, 6) is 0.736. The maximum atomic E-state index is 9.10. The van der Waals surface area contributed by atoms with Crippen LogP contribution in [-0.4, -0.2) is 29.4 Å². The molecule has 1 aliphatic rings. The van der Waals surface area contributed by atoms with Crippen molar-refractivity contribution in [3.8, 4) is 5.75 Å². The number of rotatable bonds is 3. The van der Waals surface area contributed by atoms with E-state index in [1.54, 1.807) is 18.5 Å². The summed E-state index contributed by atoms with van der Waals surface area (Å²) in [4.78, 5) is 3.94. The fourth-order valence-corrected chi connectivity index (χ4v) is 1.62. The van der Waals surface area contributed by atoms with Gasteiger partial charge in [-0.2, -0.15) is 0 Å². The molecule has 0 radical (unpaired) electrons. The standard InChI is InChI=1S/C11H15NO3/c13-8-9-7-12-4-1-11(9)15-10-2-5-14-6-3-10/h1,4,7,10,13H,2-3,5-6,8H2. The molecule has 0 bridgehead atoms. The Hall–Kier alpha value is -1.13. The molecular weight excluding hydrogens is 194 g/mol. The van der Waals surface area contributed by atoms with Gasteiger partial charge in [-0.15, -0.1) is 0 Å². The van der Waals surface area contributed by atoms with Gasteiger partial charge in [-0.1, -0.05) is 0 Å². The molecule has 1 saturated heterocycles. The summed E-state index contributed by atoms with van der Waals surface area (Å²) in [7, 11) is 0. The minimum Gasteiger partial charge on any atom is -0.490 e. The van der Waals surface area contributed by atoms with Crippen LogP contribution in [0.4, 0.5) is 0 Å². The van der Waals surface area contributed by atoms with Gasteiger partial charge in [0.1, 0.15) is 11.9 Å². The molecule has 4 nitrogen and oxygen atoms in total. The maximum Gasteiger partial charge on any atom is 0.128 e. The molecule has 2 heterocycles. The highest BCUT2D eigenvalue weighted by atomic mass is 16.5. The third kappa shape index (κ3) is 2.67. The van der Waals surface area contributed by atoms with Crippen LogP contribution in [0.15, 0.2) is 18.5 Å². The molecule has 0 atom stereocenters. The van der Waals surface area contributed by atoms with E-state index in [0.29, 0.717) is 0 Å². The summed E-state index contributed by atoms with van der Waals surface area (Å²) in [5.41, 5.74) is 0.740. The second kappa shape index (κ2) is 5.09. The zero-order valence-corrected chi connectivity index (χ0v) is 8.56. The average Bonchev–Trinajstić information content (AvgIpc) is 2.31. The van der Waals surface area contributed by atoms with Gasteiger partial charge in [-0.25, -0.2) is 0 Å². The second-order valence-electron chi connectivity index (χ2n) is 3.57. The maximum absolute atomic E-state index is 9.10. The van der Waals surface area contributed by atoms with Gasteiger partial charge in [0.2, 0.25) is 0 Å². The quantitative estimate of drug-likeness (QED) is 0.810. The van der Waals surface area contributed by atoms with Crippen LogP contribution in [0, 0.1) is 0 Å². The number of aliphatic hydroxyl groups excluding tert-OH is 1. The summed E-state index contributed by atoms with van der Waals surface area (Å²) >= 11 is 0. The van der Waals surface area contributed by atoms with Crippen molar-refractivity contribution in [2.45, 2.75) is 25.6 Å². The molecule has 0 aliphatic carbocycles. The lowest BCUT2D eigenvalue weighted by atomic mass is 10.1. The number of hydrogen-bond acceptors (Lipinski definition) is 4. The van der Waals surface area contributed by atoms with Crippen LogP contribution in [0.2, 0.25) is 0 Å². The molecule has 1 aromatic heterocycles. The van der Waals surface area contributed by atoms with Gasteiger partial charge in [-0.05, 0) is 6.07 Å². The van der Waals surface area contributed by atoms with E-state index in [4.69, 9.17) is 14.6 Å². The van der Waals surface area contributed by atoms with Gasteiger partial charge in [0.05, 0.1) is 19.8 Å². The first kappa shape index (κ1) is 10.4. The number of pyridine rings is 1. The van der Waals surface area contributed by atoms with Crippen LogP contribution in [0.5, 0.6) is 5.75 Å². The fourth-order valence-electron chi connectivity index (χ4n) is 1.62. The Morgan fingerprint density at radius 2 is 2.27 bits per heavy atom. The van der Waals surface area contributed by atoms with Gasteiger partial charge in [0.15, 0.2) is 0 Å². The summed E-state index contributed by atoms with van der Waals surface area (Å²) in [5, 5.41) is 9.10. The first-order valence-electron chi connectivity index (χ1n) is 5.18. The highest BCUT2D eigenvalue weighted by Crippen LogP contribution is 2.21. The van der Waals surface area contributed by atoms with Crippen molar-refractivity contribution >= 4 is 0 Å². The van der Waals surface area contributed by atoms with Gasteiger partial charge in [-0.3, -0.25) is 4.98 Å². The van der Waals surface area contributed by atoms with E-state index in [1.165, 1.54) is 0 Å². The Balaban J connectivity index is 2.02. The third-order valence-electron chi connectivity index (χ3n) is 2.49. The summed E-state index contributed by atoms with van der Waals surface area (Å²) in [6, 6.07) is 1.79. The molecule has 1 aliphatic heterocycles. The second-order valence-corrected chi connectivity index (χ2v) is 3.57. The van der Waals surface area contributed by atoms with Crippen molar-refractivity contribution in [2.75, 3.05) is 13.2 Å². The van der Waals surface area contributed by atoms with Crippen LogP contribution < -0.4 is 4.74 Å². The van der Waals surface area contributed by atoms with E-state index >= 15 is 0 Å². The SMILES string of the molecule is OCc1cnccc1OC1CCOCC1. The van der Waals surface area contributed by atoms with E-state index in [9.17, 15) is 0 Å². The van der Waals surface area contributed by atoms with Gasteiger partial charge in [0.25, 0.3) is 0 Å².